The van der Waals surface area contributed by atoms with Gasteiger partial charge >= 0.3 is 11.9 Å². The Balaban J connectivity index is 3.14. The molecule has 0 bridgehead atoms. The Morgan fingerprint density at radius 1 is 1.45 bits per heavy atom. The van der Waals surface area contributed by atoms with Crippen LogP contribution in [0.1, 0.15) is 29.3 Å². The van der Waals surface area contributed by atoms with Crippen molar-refractivity contribution in [1.29, 1.82) is 5.26 Å². The number of aromatic hydroxyl groups is 1. The number of nitriles is 1. The van der Waals surface area contributed by atoms with Crippen LogP contribution in [0.3, 0.4) is 0 Å². The monoisotopic (exact) mass is 275 g/mol. The minimum Gasteiger partial charge on any atom is -0.506 e. The third-order valence-electron chi connectivity index (χ3n) is 2.38. The first-order chi connectivity index (χ1) is 9.51. The summed E-state index contributed by atoms with van der Waals surface area (Å²) in [6.07, 6.45) is 1.71. The van der Waals surface area contributed by atoms with Crippen LogP contribution in [0.25, 0.3) is 6.08 Å². The molecule has 0 aliphatic carbocycles. The van der Waals surface area contributed by atoms with Crippen molar-refractivity contribution >= 4 is 18.0 Å². The highest BCUT2D eigenvalue weighted by Crippen LogP contribution is 2.24. The van der Waals surface area contributed by atoms with Gasteiger partial charge in [-0.2, -0.15) is 5.26 Å². The fourth-order valence-corrected chi connectivity index (χ4v) is 1.42. The van der Waals surface area contributed by atoms with E-state index in [-0.39, 0.29) is 23.3 Å². The van der Waals surface area contributed by atoms with Crippen molar-refractivity contribution in [3.63, 3.8) is 0 Å². The van der Waals surface area contributed by atoms with Crippen LogP contribution < -0.4 is 0 Å². The van der Waals surface area contributed by atoms with E-state index >= 15 is 0 Å². The summed E-state index contributed by atoms with van der Waals surface area (Å²) in [5.74, 6) is -2.62. The molecule has 6 heteroatoms. The topological polar surface area (TPSA) is 108 Å². The molecule has 0 amide bonds. The van der Waals surface area contributed by atoms with Gasteiger partial charge in [0.25, 0.3) is 0 Å². The van der Waals surface area contributed by atoms with Crippen LogP contribution in [-0.2, 0) is 9.53 Å². The maximum absolute atomic E-state index is 11.6. The number of esters is 1. The largest absolute Gasteiger partial charge is 0.506 e. The van der Waals surface area contributed by atoms with Crippen LogP contribution in [-0.4, -0.2) is 28.8 Å². The van der Waals surface area contributed by atoms with E-state index in [0.29, 0.717) is 6.42 Å². The Labute approximate surface area is 115 Å². The molecule has 6 nitrogen and oxygen atoms in total. The van der Waals surface area contributed by atoms with Gasteiger partial charge in [-0.15, -0.1) is 0 Å². The third-order valence-corrected chi connectivity index (χ3v) is 2.38. The number of rotatable bonds is 5. The van der Waals surface area contributed by atoms with Crippen LogP contribution in [0.2, 0.25) is 0 Å². The van der Waals surface area contributed by atoms with Gasteiger partial charge in [0.1, 0.15) is 23.0 Å². The predicted octanol–water partition coefficient (Wildman–Crippen LogP) is 1.95. The Morgan fingerprint density at radius 3 is 2.70 bits per heavy atom. The van der Waals surface area contributed by atoms with Crippen LogP contribution in [0.15, 0.2) is 23.8 Å². The number of carbonyl (C=O) groups excluding carboxylic acids is 1. The van der Waals surface area contributed by atoms with Crippen LogP contribution in [0.4, 0.5) is 0 Å². The summed E-state index contributed by atoms with van der Waals surface area (Å²) in [5.41, 5.74) is -0.552. The molecule has 0 radical (unpaired) electrons. The molecule has 0 spiro atoms. The van der Waals surface area contributed by atoms with Gasteiger partial charge in [-0.25, -0.2) is 9.59 Å². The van der Waals surface area contributed by atoms with Gasteiger partial charge < -0.3 is 14.9 Å². The quantitative estimate of drug-likeness (QED) is 0.483. The molecule has 0 aliphatic rings. The summed E-state index contributed by atoms with van der Waals surface area (Å²) < 4.78 is 4.81. The van der Waals surface area contributed by atoms with Crippen LogP contribution in [0, 0.1) is 11.3 Å². The van der Waals surface area contributed by atoms with E-state index < -0.39 is 17.7 Å². The van der Waals surface area contributed by atoms with Gasteiger partial charge in [-0.1, -0.05) is 19.1 Å². The van der Waals surface area contributed by atoms with Crippen molar-refractivity contribution in [3.05, 3.63) is 34.9 Å². The van der Waals surface area contributed by atoms with E-state index in [0.717, 1.165) is 6.08 Å². The second kappa shape index (κ2) is 6.95. The molecular formula is C14H13NO5. The average Bonchev–Trinajstić information content (AvgIpc) is 2.43. The fraction of sp³-hybridized carbons (Fsp3) is 0.214. The number of carboxylic acid groups (broad SMARTS) is 1. The highest BCUT2D eigenvalue weighted by atomic mass is 16.5. The van der Waals surface area contributed by atoms with Gasteiger partial charge in [0, 0.05) is 5.56 Å². The molecule has 104 valence electrons. The number of benzene rings is 1. The summed E-state index contributed by atoms with van der Waals surface area (Å²) in [5, 5.41) is 27.6. The minimum absolute atomic E-state index is 0.0647. The lowest BCUT2D eigenvalue weighted by molar-refractivity contribution is -0.138. The number of hydrogen-bond acceptors (Lipinski definition) is 5. The smallest absolute Gasteiger partial charge is 0.348 e. The number of phenols is 1. The first-order valence-electron chi connectivity index (χ1n) is 5.85. The van der Waals surface area contributed by atoms with E-state index in [1.54, 1.807) is 6.07 Å². The molecule has 1 rings (SSSR count). The van der Waals surface area contributed by atoms with Crippen molar-refractivity contribution in [2.24, 2.45) is 0 Å². The summed E-state index contributed by atoms with van der Waals surface area (Å²) in [7, 11) is 0. The van der Waals surface area contributed by atoms with Crippen molar-refractivity contribution in [3.8, 4) is 11.8 Å². The molecule has 0 unspecified atom stereocenters. The maximum atomic E-state index is 11.6. The van der Waals surface area contributed by atoms with Gasteiger partial charge in [-0.05, 0) is 18.6 Å². The SMILES string of the molecule is CCCOC(=O)/C(C#N)=C/c1cccc(C(=O)O)c1O. The second-order valence-electron chi connectivity index (χ2n) is 3.85. The summed E-state index contributed by atoms with van der Waals surface area (Å²) in [6, 6.07) is 5.68. The van der Waals surface area contributed by atoms with Gasteiger partial charge in [-0.3, -0.25) is 0 Å². The number of hydrogen-bond donors (Lipinski definition) is 2. The van der Waals surface area contributed by atoms with E-state index in [1.165, 1.54) is 18.2 Å². The second-order valence-corrected chi connectivity index (χ2v) is 3.85. The lowest BCUT2D eigenvalue weighted by atomic mass is 10.1. The highest BCUT2D eigenvalue weighted by Gasteiger charge is 2.15. The standard InChI is InChI=1S/C14H13NO5/c1-2-6-20-14(19)10(8-15)7-9-4-3-5-11(12(9)16)13(17)18/h3-5,7,16H,2,6H2,1H3,(H,17,18)/b10-7+. The van der Waals surface area contributed by atoms with Crippen LogP contribution in [0.5, 0.6) is 5.75 Å². The predicted molar refractivity (Wildman–Crippen MR) is 69.9 cm³/mol. The van der Waals surface area contributed by atoms with Crippen molar-refractivity contribution in [1.82, 2.24) is 0 Å². The van der Waals surface area contributed by atoms with Crippen molar-refractivity contribution in [2.75, 3.05) is 6.61 Å². The van der Waals surface area contributed by atoms with Gasteiger partial charge in [0.15, 0.2) is 0 Å². The average molecular weight is 275 g/mol. The number of carbonyl (C=O) groups is 2. The first kappa shape index (κ1) is 15.2. The van der Waals surface area contributed by atoms with E-state index in [4.69, 9.17) is 15.1 Å². The van der Waals surface area contributed by atoms with E-state index in [2.05, 4.69) is 0 Å². The minimum atomic E-state index is -1.30. The Hall–Kier alpha value is -2.81. The van der Waals surface area contributed by atoms with Gasteiger partial charge in [0.2, 0.25) is 0 Å². The number of carboxylic acids is 1. The molecule has 0 aliphatic heterocycles. The third kappa shape index (κ3) is 3.59. The molecule has 0 saturated heterocycles. The molecule has 20 heavy (non-hydrogen) atoms. The molecular weight excluding hydrogens is 262 g/mol. The molecule has 1 aromatic carbocycles. The van der Waals surface area contributed by atoms with Crippen molar-refractivity contribution < 1.29 is 24.5 Å². The Bertz CT molecular complexity index is 598. The summed E-state index contributed by atoms with van der Waals surface area (Å²) in [4.78, 5) is 22.4. The van der Waals surface area contributed by atoms with E-state index in [9.17, 15) is 14.7 Å². The highest BCUT2D eigenvalue weighted by molar-refractivity contribution is 5.99. The summed E-state index contributed by atoms with van der Waals surface area (Å²) in [6.45, 7) is 1.99. The number of nitrogens with zero attached hydrogens (tertiary/aromatic N) is 1. The zero-order chi connectivity index (χ0) is 15.1. The van der Waals surface area contributed by atoms with Crippen molar-refractivity contribution in [2.45, 2.75) is 13.3 Å². The number of para-hydroxylation sites is 1. The van der Waals surface area contributed by atoms with Gasteiger partial charge in [0.05, 0.1) is 6.61 Å². The molecule has 0 heterocycles. The molecule has 0 atom stereocenters. The molecule has 0 saturated carbocycles. The Kier molecular flexibility index (Phi) is 5.30. The zero-order valence-corrected chi connectivity index (χ0v) is 10.8. The number of aromatic carboxylic acids is 1. The first-order valence-corrected chi connectivity index (χ1v) is 5.85. The number of ether oxygens (including phenoxy) is 1. The normalized spacial score (nSPS) is 10.7. The molecule has 0 fully saturated rings. The fourth-order valence-electron chi connectivity index (χ4n) is 1.42. The van der Waals surface area contributed by atoms with Crippen LogP contribution >= 0.6 is 0 Å². The molecule has 0 aromatic heterocycles. The zero-order valence-electron chi connectivity index (χ0n) is 10.8. The summed E-state index contributed by atoms with van der Waals surface area (Å²) >= 11 is 0. The maximum Gasteiger partial charge on any atom is 0.348 e. The lowest BCUT2D eigenvalue weighted by Gasteiger charge is -2.04. The van der Waals surface area contributed by atoms with E-state index in [1.807, 2.05) is 6.92 Å². The molecule has 2 N–H and O–H groups in total. The Morgan fingerprint density at radius 2 is 2.15 bits per heavy atom. The lowest BCUT2D eigenvalue weighted by Crippen LogP contribution is -2.07. The molecule has 1 aromatic rings.